The Hall–Kier alpha value is -2.70. The van der Waals surface area contributed by atoms with Gasteiger partial charge in [0, 0.05) is 24.1 Å². The molecule has 0 unspecified atom stereocenters. The molecule has 1 atom stereocenters. The van der Waals surface area contributed by atoms with Crippen molar-refractivity contribution in [3.05, 3.63) is 76.7 Å². The van der Waals surface area contributed by atoms with Gasteiger partial charge in [-0.2, -0.15) is 11.8 Å². The van der Waals surface area contributed by atoms with Crippen LogP contribution in [-0.2, 0) is 0 Å². The summed E-state index contributed by atoms with van der Waals surface area (Å²) in [5, 5.41) is 9.98. The highest BCUT2D eigenvalue weighted by molar-refractivity contribution is 7.99. The molecular formula is C24H27NO4S. The Morgan fingerprint density at radius 1 is 1.03 bits per heavy atom. The number of aliphatic hydroxyl groups excluding tert-OH is 1. The summed E-state index contributed by atoms with van der Waals surface area (Å²) >= 11 is 1.66. The van der Waals surface area contributed by atoms with E-state index in [4.69, 9.17) is 9.47 Å². The number of rotatable bonds is 9. The first kappa shape index (κ1) is 22.0. The monoisotopic (exact) mass is 425 g/mol. The van der Waals surface area contributed by atoms with Crippen LogP contribution in [0.5, 0.6) is 11.5 Å². The van der Waals surface area contributed by atoms with Crippen molar-refractivity contribution in [1.29, 1.82) is 0 Å². The van der Waals surface area contributed by atoms with E-state index < -0.39 is 6.10 Å². The molecule has 158 valence electrons. The van der Waals surface area contributed by atoms with E-state index in [0.29, 0.717) is 22.9 Å². The van der Waals surface area contributed by atoms with Crippen molar-refractivity contribution in [3.8, 4) is 28.3 Å². The second-order valence-corrected chi connectivity index (χ2v) is 8.27. The molecule has 0 radical (unpaired) electrons. The molecule has 1 aromatic heterocycles. The molecule has 0 saturated carbocycles. The Balaban J connectivity index is 1.80. The van der Waals surface area contributed by atoms with Gasteiger partial charge >= 0.3 is 0 Å². The third kappa shape index (κ3) is 5.46. The number of hydrogen-bond acceptors (Lipinski definition) is 5. The number of thioether (sulfide) groups is 1. The Bertz CT molecular complexity index is 1030. The summed E-state index contributed by atoms with van der Waals surface area (Å²) in [4.78, 5) is 12.7. The van der Waals surface area contributed by atoms with Crippen LogP contribution in [-0.4, -0.2) is 41.0 Å². The minimum atomic E-state index is -0.545. The van der Waals surface area contributed by atoms with E-state index in [1.165, 1.54) is 5.56 Å². The molecule has 30 heavy (non-hydrogen) atoms. The zero-order valence-corrected chi connectivity index (χ0v) is 18.3. The highest BCUT2D eigenvalue weighted by Gasteiger charge is 2.11. The molecule has 3 aromatic rings. The second kappa shape index (κ2) is 10.4. The quantitative estimate of drug-likeness (QED) is 0.553. The highest BCUT2D eigenvalue weighted by atomic mass is 32.2. The maximum absolute atomic E-state index is 12.7. The van der Waals surface area contributed by atoms with Crippen LogP contribution < -0.4 is 15.0 Å². The lowest BCUT2D eigenvalue weighted by Gasteiger charge is -2.15. The van der Waals surface area contributed by atoms with Crippen molar-refractivity contribution in [2.75, 3.05) is 25.2 Å². The molecule has 0 aliphatic rings. The summed E-state index contributed by atoms with van der Waals surface area (Å²) in [7, 11) is 1.55. The molecule has 1 N–H and O–H groups in total. The second-order valence-electron chi connectivity index (χ2n) is 6.95. The van der Waals surface area contributed by atoms with Crippen LogP contribution >= 0.6 is 11.8 Å². The minimum Gasteiger partial charge on any atom is -0.493 e. The van der Waals surface area contributed by atoms with Crippen molar-refractivity contribution in [1.82, 2.24) is 4.57 Å². The number of benzene rings is 2. The van der Waals surface area contributed by atoms with E-state index in [0.717, 1.165) is 16.9 Å². The van der Waals surface area contributed by atoms with E-state index in [9.17, 15) is 9.90 Å². The molecule has 6 heteroatoms. The van der Waals surface area contributed by atoms with E-state index in [-0.39, 0.29) is 12.2 Å². The van der Waals surface area contributed by atoms with E-state index >= 15 is 0 Å². The Labute approximate surface area is 181 Å². The Morgan fingerprint density at radius 2 is 1.80 bits per heavy atom. The van der Waals surface area contributed by atoms with Gasteiger partial charge in [0.05, 0.1) is 18.9 Å². The fourth-order valence-electron chi connectivity index (χ4n) is 3.03. The number of pyridine rings is 1. The minimum absolute atomic E-state index is 0.129. The molecule has 0 amide bonds. The Morgan fingerprint density at radius 3 is 2.47 bits per heavy atom. The van der Waals surface area contributed by atoms with Gasteiger partial charge in [-0.25, -0.2) is 0 Å². The van der Waals surface area contributed by atoms with Crippen LogP contribution in [0.1, 0.15) is 12.5 Å². The SMILES string of the molecule is CCSC[C@@H](O)COc1ccc(-n2ccc(-c3ccc(C)cc3)cc2=O)cc1OC. The van der Waals surface area contributed by atoms with Crippen LogP contribution in [0.25, 0.3) is 16.8 Å². The molecule has 2 aromatic carbocycles. The van der Waals surface area contributed by atoms with Crippen molar-refractivity contribution in [2.45, 2.75) is 20.0 Å². The lowest BCUT2D eigenvalue weighted by Crippen LogP contribution is -2.20. The van der Waals surface area contributed by atoms with Crippen LogP contribution in [0.15, 0.2) is 65.6 Å². The lowest BCUT2D eigenvalue weighted by molar-refractivity contribution is 0.124. The van der Waals surface area contributed by atoms with Crippen molar-refractivity contribution < 1.29 is 14.6 Å². The molecule has 0 aliphatic heterocycles. The van der Waals surface area contributed by atoms with Gasteiger partial charge in [0.15, 0.2) is 11.5 Å². The first-order valence-corrected chi connectivity index (χ1v) is 11.0. The van der Waals surface area contributed by atoms with Crippen LogP contribution in [0.4, 0.5) is 0 Å². The summed E-state index contributed by atoms with van der Waals surface area (Å²) < 4.78 is 12.7. The number of aliphatic hydroxyl groups is 1. The summed E-state index contributed by atoms with van der Waals surface area (Å²) in [5.41, 5.74) is 3.61. The zero-order valence-electron chi connectivity index (χ0n) is 17.5. The summed E-state index contributed by atoms with van der Waals surface area (Å²) in [5.74, 6) is 2.62. The van der Waals surface area contributed by atoms with E-state index in [1.54, 1.807) is 53.9 Å². The van der Waals surface area contributed by atoms with Gasteiger partial charge in [0.1, 0.15) is 6.61 Å². The molecule has 0 bridgehead atoms. The lowest BCUT2D eigenvalue weighted by atomic mass is 10.1. The molecule has 0 aliphatic carbocycles. The first-order chi connectivity index (χ1) is 14.5. The molecule has 3 rings (SSSR count). The Kier molecular flexibility index (Phi) is 7.60. The third-order valence-corrected chi connectivity index (χ3v) is 5.70. The predicted octanol–water partition coefficient (Wildman–Crippen LogP) is 4.31. The largest absolute Gasteiger partial charge is 0.493 e. The summed E-state index contributed by atoms with van der Waals surface area (Å²) in [6.45, 7) is 4.27. The number of aromatic nitrogens is 1. The number of methoxy groups -OCH3 is 1. The molecule has 0 spiro atoms. The smallest absolute Gasteiger partial charge is 0.255 e. The van der Waals surface area contributed by atoms with Gasteiger partial charge in [0.25, 0.3) is 5.56 Å². The van der Waals surface area contributed by atoms with Crippen LogP contribution in [0.3, 0.4) is 0 Å². The van der Waals surface area contributed by atoms with Gasteiger partial charge in [-0.3, -0.25) is 9.36 Å². The molecule has 0 saturated heterocycles. The van der Waals surface area contributed by atoms with Crippen LogP contribution in [0, 0.1) is 6.92 Å². The van der Waals surface area contributed by atoms with Crippen molar-refractivity contribution in [2.24, 2.45) is 0 Å². The van der Waals surface area contributed by atoms with Gasteiger partial charge in [-0.15, -0.1) is 0 Å². The van der Waals surface area contributed by atoms with Gasteiger partial charge in [0.2, 0.25) is 0 Å². The van der Waals surface area contributed by atoms with E-state index in [2.05, 4.69) is 6.92 Å². The maximum atomic E-state index is 12.7. The first-order valence-electron chi connectivity index (χ1n) is 9.88. The van der Waals surface area contributed by atoms with Crippen molar-refractivity contribution >= 4 is 11.8 Å². The zero-order chi connectivity index (χ0) is 21.5. The molecule has 0 fully saturated rings. The molecule has 5 nitrogen and oxygen atoms in total. The summed E-state index contributed by atoms with van der Waals surface area (Å²) in [6.07, 6.45) is 1.22. The normalized spacial score (nSPS) is 11.9. The van der Waals surface area contributed by atoms with Crippen LogP contribution in [0.2, 0.25) is 0 Å². The average Bonchev–Trinajstić information content (AvgIpc) is 2.76. The predicted molar refractivity (Wildman–Crippen MR) is 123 cm³/mol. The van der Waals surface area contributed by atoms with Gasteiger partial charge in [-0.05, 0) is 42.0 Å². The van der Waals surface area contributed by atoms with Gasteiger partial charge in [-0.1, -0.05) is 36.8 Å². The fraction of sp³-hybridized carbons (Fsp3) is 0.292. The average molecular weight is 426 g/mol. The summed E-state index contributed by atoms with van der Waals surface area (Å²) in [6, 6.07) is 17.0. The standard InChI is InChI=1S/C24H27NO4S/c1-4-30-16-21(26)15-29-22-10-9-20(14-23(22)28-3)25-12-11-19(13-24(25)27)18-7-5-17(2)6-8-18/h5-14,21,26H,4,15-16H2,1-3H3/t21-/m0/s1. The topological polar surface area (TPSA) is 60.7 Å². The maximum Gasteiger partial charge on any atom is 0.255 e. The number of hydrogen-bond donors (Lipinski definition) is 1. The highest BCUT2D eigenvalue weighted by Crippen LogP contribution is 2.29. The molecule has 1 heterocycles. The molecular weight excluding hydrogens is 398 g/mol. The number of nitrogens with zero attached hydrogens (tertiary/aromatic N) is 1. The number of aryl methyl sites for hydroxylation is 1. The fourth-order valence-corrected chi connectivity index (χ4v) is 3.64. The van der Waals surface area contributed by atoms with E-state index in [1.807, 2.05) is 37.3 Å². The number of ether oxygens (including phenoxy) is 2. The third-order valence-electron chi connectivity index (χ3n) is 4.68. The van der Waals surface area contributed by atoms with Gasteiger partial charge < -0.3 is 14.6 Å². The van der Waals surface area contributed by atoms with Crippen molar-refractivity contribution in [3.63, 3.8) is 0 Å².